The van der Waals surface area contributed by atoms with Crippen LogP contribution in [-0.2, 0) is 4.74 Å². The van der Waals surface area contributed by atoms with Gasteiger partial charge in [0.15, 0.2) is 11.5 Å². The molecule has 1 saturated heterocycles. The smallest absolute Gasteiger partial charge is 0.209 e. The van der Waals surface area contributed by atoms with Crippen molar-refractivity contribution in [3.05, 3.63) is 46.7 Å². The van der Waals surface area contributed by atoms with Crippen molar-refractivity contribution in [3.8, 4) is 17.7 Å². The molecule has 1 atom stereocenters. The van der Waals surface area contributed by atoms with Crippen LogP contribution in [0.15, 0.2) is 41.7 Å². The summed E-state index contributed by atoms with van der Waals surface area (Å²) in [5, 5.41) is 13.6. The van der Waals surface area contributed by atoms with Gasteiger partial charge >= 0.3 is 0 Å². The molecular weight excluding hydrogens is 493 g/mol. The molecular formula is C23H23Cl2N7O3. The van der Waals surface area contributed by atoms with Crippen LogP contribution in [0.5, 0.6) is 11.5 Å². The Bertz CT molecular complexity index is 1280. The summed E-state index contributed by atoms with van der Waals surface area (Å²) in [5.41, 5.74) is 7.24. The van der Waals surface area contributed by atoms with Gasteiger partial charge in [-0.25, -0.2) is 9.97 Å². The van der Waals surface area contributed by atoms with E-state index in [0.717, 1.165) is 11.1 Å². The quantitative estimate of drug-likeness (QED) is 0.272. The summed E-state index contributed by atoms with van der Waals surface area (Å²) in [6, 6.07) is 8.87. The van der Waals surface area contributed by atoms with Crippen LogP contribution in [0, 0.1) is 11.5 Å². The van der Waals surface area contributed by atoms with Gasteiger partial charge in [-0.15, -0.1) is 4.99 Å². The maximum atomic E-state index is 8.71. The Kier molecular flexibility index (Phi) is 7.92. The zero-order valence-electron chi connectivity index (χ0n) is 18.9. The number of nitrogens with one attached hydrogen (secondary N) is 1. The van der Waals surface area contributed by atoms with Crippen molar-refractivity contribution in [3.63, 3.8) is 0 Å². The van der Waals surface area contributed by atoms with Crippen molar-refractivity contribution in [2.24, 2.45) is 10.7 Å². The maximum absolute atomic E-state index is 8.71. The molecule has 3 aromatic rings. The van der Waals surface area contributed by atoms with Crippen LogP contribution in [0.2, 0.25) is 10.0 Å². The Balaban J connectivity index is 1.46. The largest absolute Gasteiger partial charge is 0.493 e. The molecule has 0 saturated carbocycles. The van der Waals surface area contributed by atoms with Crippen LogP contribution in [0.1, 0.15) is 6.42 Å². The maximum Gasteiger partial charge on any atom is 0.209 e. The Morgan fingerprint density at radius 3 is 2.91 bits per heavy atom. The Labute approximate surface area is 212 Å². The summed E-state index contributed by atoms with van der Waals surface area (Å²) in [6.07, 6.45) is 3.69. The molecule has 3 N–H and O–H groups in total. The van der Waals surface area contributed by atoms with Crippen LogP contribution in [0.3, 0.4) is 0 Å². The number of anilines is 2. The number of halogens is 2. The third-order valence-electron chi connectivity index (χ3n) is 5.43. The summed E-state index contributed by atoms with van der Waals surface area (Å²) >= 11 is 12.1. The number of hydrogen-bond acceptors (Lipinski definition) is 8. The number of rotatable bonds is 7. The SMILES string of the molecule is COc1cc2c(Nc3ccc(Cl)c(Cl)c3)ncnc2cc1OCCC1CN(C(N)=NC#N)CCO1. The van der Waals surface area contributed by atoms with Gasteiger partial charge in [-0.2, -0.15) is 5.26 Å². The first-order valence-corrected chi connectivity index (χ1v) is 11.5. The van der Waals surface area contributed by atoms with E-state index in [4.69, 9.17) is 48.4 Å². The number of aromatic nitrogens is 2. The second-order valence-electron chi connectivity index (χ2n) is 7.64. The number of nitriles is 1. The predicted octanol–water partition coefficient (Wildman–Crippen LogP) is 3.95. The molecule has 35 heavy (non-hydrogen) atoms. The van der Waals surface area contributed by atoms with Crippen molar-refractivity contribution >= 4 is 51.6 Å². The number of morpholine rings is 1. The molecule has 2 heterocycles. The summed E-state index contributed by atoms with van der Waals surface area (Å²) in [7, 11) is 1.57. The lowest BCUT2D eigenvalue weighted by atomic mass is 10.2. The number of hydrogen-bond donors (Lipinski definition) is 2. The van der Waals surface area contributed by atoms with E-state index in [2.05, 4.69) is 20.3 Å². The van der Waals surface area contributed by atoms with Gasteiger partial charge in [-0.05, 0) is 24.3 Å². The van der Waals surface area contributed by atoms with E-state index in [1.54, 1.807) is 25.4 Å². The second-order valence-corrected chi connectivity index (χ2v) is 8.46. The molecule has 0 aliphatic carbocycles. The summed E-state index contributed by atoms with van der Waals surface area (Å²) in [4.78, 5) is 14.2. The van der Waals surface area contributed by atoms with Crippen molar-refractivity contribution in [2.45, 2.75) is 12.5 Å². The highest BCUT2D eigenvalue weighted by Gasteiger charge is 2.22. The zero-order valence-corrected chi connectivity index (χ0v) is 20.4. The number of methoxy groups -OCH3 is 1. The minimum atomic E-state index is -0.105. The van der Waals surface area contributed by atoms with E-state index in [9.17, 15) is 0 Å². The average molecular weight is 516 g/mol. The normalized spacial score (nSPS) is 16.1. The number of ether oxygens (including phenoxy) is 3. The molecule has 0 bridgehead atoms. The van der Waals surface area contributed by atoms with E-state index in [1.807, 2.05) is 23.1 Å². The summed E-state index contributed by atoms with van der Waals surface area (Å²) < 4.78 is 17.4. The fourth-order valence-electron chi connectivity index (χ4n) is 3.67. The fourth-order valence-corrected chi connectivity index (χ4v) is 3.97. The lowest BCUT2D eigenvalue weighted by molar-refractivity contribution is -0.0160. The van der Waals surface area contributed by atoms with Crippen LogP contribution >= 0.6 is 23.2 Å². The molecule has 1 aliphatic rings. The first kappa shape index (κ1) is 24.6. The van der Waals surface area contributed by atoms with Gasteiger partial charge < -0.3 is 30.2 Å². The Hall–Kier alpha value is -3.52. The monoisotopic (exact) mass is 515 g/mol. The van der Waals surface area contributed by atoms with E-state index >= 15 is 0 Å². The molecule has 0 radical (unpaired) electrons. The number of benzene rings is 2. The van der Waals surface area contributed by atoms with Gasteiger partial charge in [-0.1, -0.05) is 23.2 Å². The van der Waals surface area contributed by atoms with E-state index in [1.165, 1.54) is 6.33 Å². The average Bonchev–Trinajstić information content (AvgIpc) is 2.86. The molecule has 1 unspecified atom stereocenters. The van der Waals surface area contributed by atoms with E-state index in [0.29, 0.717) is 65.6 Å². The minimum Gasteiger partial charge on any atom is -0.493 e. The number of guanidine groups is 1. The van der Waals surface area contributed by atoms with Crippen LogP contribution < -0.4 is 20.5 Å². The molecule has 4 rings (SSSR count). The Morgan fingerprint density at radius 1 is 1.29 bits per heavy atom. The molecule has 1 aliphatic heterocycles. The predicted molar refractivity (Wildman–Crippen MR) is 134 cm³/mol. The van der Waals surface area contributed by atoms with Gasteiger partial charge in [-0.3, -0.25) is 0 Å². The molecule has 2 aromatic carbocycles. The first-order chi connectivity index (χ1) is 17.0. The topological polar surface area (TPSA) is 131 Å². The fraction of sp³-hybridized carbons (Fsp3) is 0.304. The lowest BCUT2D eigenvalue weighted by Gasteiger charge is -2.33. The summed E-state index contributed by atoms with van der Waals surface area (Å²) in [6.45, 7) is 2.00. The van der Waals surface area contributed by atoms with Crippen LogP contribution in [0.25, 0.3) is 10.9 Å². The van der Waals surface area contributed by atoms with Gasteiger partial charge in [0.1, 0.15) is 12.1 Å². The molecule has 12 heteroatoms. The number of nitrogens with two attached hydrogens (primary N) is 1. The molecule has 0 spiro atoms. The van der Waals surface area contributed by atoms with Crippen molar-refractivity contribution in [1.29, 1.82) is 5.26 Å². The lowest BCUT2D eigenvalue weighted by Crippen LogP contribution is -2.48. The van der Waals surface area contributed by atoms with Crippen molar-refractivity contribution in [1.82, 2.24) is 14.9 Å². The first-order valence-electron chi connectivity index (χ1n) is 10.7. The van der Waals surface area contributed by atoms with Gasteiger partial charge in [0, 0.05) is 36.7 Å². The highest BCUT2D eigenvalue weighted by Crippen LogP contribution is 2.35. The van der Waals surface area contributed by atoms with Crippen molar-refractivity contribution < 1.29 is 14.2 Å². The van der Waals surface area contributed by atoms with Crippen molar-refractivity contribution in [2.75, 3.05) is 38.7 Å². The number of fused-ring (bicyclic) bond motifs is 1. The highest BCUT2D eigenvalue weighted by atomic mass is 35.5. The van der Waals surface area contributed by atoms with Gasteiger partial charge in [0.25, 0.3) is 0 Å². The van der Waals surface area contributed by atoms with E-state index < -0.39 is 0 Å². The number of nitrogens with zero attached hydrogens (tertiary/aromatic N) is 5. The Morgan fingerprint density at radius 2 is 2.14 bits per heavy atom. The van der Waals surface area contributed by atoms with E-state index in [-0.39, 0.29) is 12.1 Å². The van der Waals surface area contributed by atoms with Crippen LogP contribution in [0.4, 0.5) is 11.5 Å². The molecule has 182 valence electrons. The third-order valence-corrected chi connectivity index (χ3v) is 6.17. The molecule has 1 aromatic heterocycles. The zero-order chi connectivity index (χ0) is 24.8. The minimum absolute atomic E-state index is 0.105. The highest BCUT2D eigenvalue weighted by molar-refractivity contribution is 6.42. The van der Waals surface area contributed by atoms with Crippen LogP contribution in [-0.4, -0.2) is 60.3 Å². The molecule has 0 amide bonds. The molecule has 10 nitrogen and oxygen atoms in total. The standard InChI is InChI=1S/C23H23Cl2N7O3/c1-33-20-9-16-19(29-13-30-22(16)31-14-2-3-17(24)18(25)8-14)10-21(20)35-6-4-15-11-32(5-7-34-15)23(27)28-12-26/h2-3,8-10,13,15H,4-7,11H2,1H3,(H2,27,28)(H,29,30,31). The van der Waals surface area contributed by atoms with Gasteiger partial charge in [0.2, 0.25) is 12.2 Å². The number of aliphatic imine (C=N–C) groups is 1. The molecule has 1 fully saturated rings. The summed E-state index contributed by atoms with van der Waals surface area (Å²) in [5.74, 6) is 1.88. The second kappa shape index (κ2) is 11.3. The van der Waals surface area contributed by atoms with Gasteiger partial charge in [0.05, 0.1) is 42.0 Å². The third kappa shape index (κ3) is 5.95.